The predicted molar refractivity (Wildman–Crippen MR) is 117 cm³/mol. The molecule has 0 radical (unpaired) electrons. The van der Waals surface area contributed by atoms with Gasteiger partial charge in [-0.15, -0.1) is 0 Å². The summed E-state index contributed by atoms with van der Waals surface area (Å²) in [5.74, 6) is 0.700. The van der Waals surface area contributed by atoms with Crippen molar-refractivity contribution in [1.29, 1.82) is 0 Å². The van der Waals surface area contributed by atoms with Gasteiger partial charge in [0.1, 0.15) is 11.8 Å². The number of rotatable bonds is 5. The van der Waals surface area contributed by atoms with E-state index in [1.807, 2.05) is 71.5 Å². The van der Waals surface area contributed by atoms with Gasteiger partial charge in [0.05, 0.1) is 11.9 Å². The van der Waals surface area contributed by atoms with Gasteiger partial charge in [0.15, 0.2) is 5.82 Å². The van der Waals surface area contributed by atoms with E-state index in [2.05, 4.69) is 15.3 Å². The zero-order valence-corrected chi connectivity index (χ0v) is 17.0. The van der Waals surface area contributed by atoms with Crippen LogP contribution in [-0.4, -0.2) is 37.5 Å². The first-order valence-electron chi connectivity index (χ1n) is 9.83. The van der Waals surface area contributed by atoms with Crippen molar-refractivity contribution < 1.29 is 4.74 Å². The zero-order chi connectivity index (χ0) is 20.3. The largest absolute Gasteiger partial charge is 0.370 e. The van der Waals surface area contributed by atoms with E-state index in [0.29, 0.717) is 10.6 Å². The Morgan fingerprint density at radius 1 is 1.10 bits per heavy atom. The lowest BCUT2D eigenvalue weighted by Gasteiger charge is -2.07. The number of nitrogens with zero attached hydrogens (tertiary/aromatic N) is 5. The lowest BCUT2D eigenvalue weighted by atomic mass is 10.1. The van der Waals surface area contributed by atoms with E-state index >= 15 is 0 Å². The Balaban J connectivity index is 1.57. The molecule has 1 saturated heterocycles. The monoisotopic (exact) mass is 416 g/mol. The molecule has 1 N–H and O–H groups in total. The van der Waals surface area contributed by atoms with Crippen LogP contribution in [0.2, 0.25) is 0 Å². The molecule has 0 amide bonds. The summed E-state index contributed by atoms with van der Waals surface area (Å²) in [4.78, 5) is 0. The minimum Gasteiger partial charge on any atom is -0.370 e. The molecule has 150 valence electrons. The third-order valence-electron chi connectivity index (χ3n) is 5.02. The fourth-order valence-electron chi connectivity index (χ4n) is 3.54. The second-order valence-electron chi connectivity index (χ2n) is 7.02. The van der Waals surface area contributed by atoms with E-state index in [4.69, 9.17) is 22.1 Å². The Bertz CT molecular complexity index is 1220. The first-order chi connectivity index (χ1) is 14.8. The summed E-state index contributed by atoms with van der Waals surface area (Å²) in [5, 5.41) is 16.6. The van der Waals surface area contributed by atoms with E-state index in [9.17, 15) is 0 Å². The van der Waals surface area contributed by atoms with E-state index in [-0.39, 0.29) is 6.10 Å². The van der Waals surface area contributed by atoms with Crippen molar-refractivity contribution in [2.75, 3.05) is 6.61 Å². The quantitative estimate of drug-likeness (QED) is 0.383. The highest BCUT2D eigenvalue weighted by molar-refractivity contribution is 7.71. The molecule has 4 aromatic rings. The summed E-state index contributed by atoms with van der Waals surface area (Å²) in [6, 6.07) is 20.1. The number of ether oxygens (including phenoxy) is 1. The van der Waals surface area contributed by atoms with E-state index in [0.717, 1.165) is 42.0 Å². The van der Waals surface area contributed by atoms with Crippen molar-refractivity contribution in [2.45, 2.75) is 18.9 Å². The van der Waals surface area contributed by atoms with E-state index in [1.54, 1.807) is 10.9 Å². The number of para-hydroxylation sites is 1. The fourth-order valence-corrected chi connectivity index (χ4v) is 3.73. The number of H-pyrrole nitrogens is 1. The molecular weight excluding hydrogens is 396 g/mol. The maximum atomic E-state index is 5.76. The van der Waals surface area contributed by atoms with Crippen LogP contribution in [0.3, 0.4) is 0 Å². The maximum Gasteiger partial charge on any atom is 0.216 e. The third kappa shape index (κ3) is 3.62. The minimum atomic E-state index is -0.0873. The van der Waals surface area contributed by atoms with Gasteiger partial charge in [-0.2, -0.15) is 20.0 Å². The summed E-state index contributed by atoms with van der Waals surface area (Å²) in [6.07, 6.45) is 5.58. The highest BCUT2D eigenvalue weighted by Crippen LogP contribution is 2.27. The molecule has 0 unspecified atom stereocenters. The fraction of sp³-hybridized carbons (Fsp3) is 0.182. The van der Waals surface area contributed by atoms with E-state index < -0.39 is 0 Å². The number of aromatic amines is 1. The number of nitrogens with one attached hydrogen (secondary N) is 1. The van der Waals surface area contributed by atoms with Crippen molar-refractivity contribution in [3.8, 4) is 16.9 Å². The summed E-state index contributed by atoms with van der Waals surface area (Å²) in [7, 11) is 0. The molecule has 30 heavy (non-hydrogen) atoms. The standard InChI is InChI=1S/C22H20N6OS/c30-22-25-24-21(19-12-7-13-29-19)28(22)23-14-17-15-27(18-10-5-2-6-11-18)26-20(17)16-8-3-1-4-9-16/h1-6,8-11,14-15,19H,7,12-13H2,(H,25,30)/b23-14-/t19-/m0/s1. The molecule has 7 nitrogen and oxygen atoms in total. The van der Waals surface area contributed by atoms with Crippen LogP contribution < -0.4 is 0 Å². The molecule has 2 aromatic carbocycles. The first-order valence-corrected chi connectivity index (χ1v) is 10.2. The number of hydrogen-bond acceptors (Lipinski definition) is 5. The maximum absolute atomic E-state index is 5.76. The summed E-state index contributed by atoms with van der Waals surface area (Å²) >= 11 is 5.39. The van der Waals surface area contributed by atoms with Crippen LogP contribution in [0.5, 0.6) is 0 Å². The summed E-state index contributed by atoms with van der Waals surface area (Å²) < 4.78 is 9.70. The van der Waals surface area contributed by atoms with Crippen LogP contribution in [0, 0.1) is 4.77 Å². The van der Waals surface area contributed by atoms with Crippen LogP contribution in [0.4, 0.5) is 0 Å². The number of benzene rings is 2. The van der Waals surface area contributed by atoms with Gasteiger partial charge in [0.2, 0.25) is 4.77 Å². The van der Waals surface area contributed by atoms with Crippen molar-refractivity contribution >= 4 is 18.4 Å². The van der Waals surface area contributed by atoms with Gasteiger partial charge in [-0.3, -0.25) is 5.10 Å². The molecule has 1 atom stereocenters. The van der Waals surface area contributed by atoms with Gasteiger partial charge < -0.3 is 4.74 Å². The number of hydrogen-bond donors (Lipinski definition) is 1. The Morgan fingerprint density at radius 3 is 2.60 bits per heavy atom. The van der Waals surface area contributed by atoms with Crippen molar-refractivity contribution in [3.63, 3.8) is 0 Å². The van der Waals surface area contributed by atoms with Crippen LogP contribution in [-0.2, 0) is 4.74 Å². The average Bonchev–Trinajstić information content (AvgIpc) is 3.54. The molecule has 0 saturated carbocycles. The van der Waals surface area contributed by atoms with Crippen LogP contribution in [0.15, 0.2) is 72.0 Å². The lowest BCUT2D eigenvalue weighted by Crippen LogP contribution is -2.05. The minimum absolute atomic E-state index is 0.0873. The Morgan fingerprint density at radius 2 is 1.87 bits per heavy atom. The van der Waals surface area contributed by atoms with Crippen LogP contribution in [0.1, 0.15) is 30.3 Å². The van der Waals surface area contributed by atoms with Gasteiger partial charge >= 0.3 is 0 Å². The van der Waals surface area contributed by atoms with Gasteiger partial charge in [-0.25, -0.2) is 4.68 Å². The SMILES string of the molecule is S=c1[nH]nc([C@@H]2CCCO2)n1/N=C\c1cn(-c2ccccc2)nc1-c1ccccc1. The van der Waals surface area contributed by atoms with Crippen LogP contribution >= 0.6 is 12.2 Å². The average molecular weight is 417 g/mol. The Kier molecular flexibility index (Phi) is 5.08. The summed E-state index contributed by atoms with van der Waals surface area (Å²) in [5.41, 5.74) is 3.72. The molecule has 0 bridgehead atoms. The normalized spacial score (nSPS) is 16.5. The summed E-state index contributed by atoms with van der Waals surface area (Å²) in [6.45, 7) is 0.732. The van der Waals surface area contributed by atoms with Crippen molar-refractivity contribution in [1.82, 2.24) is 24.7 Å². The lowest BCUT2D eigenvalue weighted by molar-refractivity contribution is 0.102. The van der Waals surface area contributed by atoms with Gasteiger partial charge in [-0.05, 0) is 37.2 Å². The van der Waals surface area contributed by atoms with Gasteiger partial charge in [0.25, 0.3) is 0 Å². The second kappa shape index (κ2) is 8.17. The van der Waals surface area contributed by atoms with Gasteiger partial charge in [0, 0.05) is 23.9 Å². The third-order valence-corrected chi connectivity index (χ3v) is 5.28. The molecule has 5 rings (SSSR count). The molecule has 1 aliphatic rings. The molecule has 3 heterocycles. The number of aromatic nitrogens is 5. The topological polar surface area (TPSA) is 73.0 Å². The molecule has 2 aromatic heterocycles. The second-order valence-corrected chi connectivity index (χ2v) is 7.41. The molecule has 1 fully saturated rings. The molecule has 1 aliphatic heterocycles. The van der Waals surface area contributed by atoms with Gasteiger partial charge in [-0.1, -0.05) is 48.5 Å². The molecule has 8 heteroatoms. The molecule has 0 spiro atoms. The molecular formula is C22H20N6OS. The highest BCUT2D eigenvalue weighted by Gasteiger charge is 2.23. The highest BCUT2D eigenvalue weighted by atomic mass is 32.1. The zero-order valence-electron chi connectivity index (χ0n) is 16.2. The predicted octanol–water partition coefficient (Wildman–Crippen LogP) is 4.53. The smallest absolute Gasteiger partial charge is 0.216 e. The Hall–Kier alpha value is -3.36. The Labute approximate surface area is 178 Å². The van der Waals surface area contributed by atoms with Crippen LogP contribution in [0.25, 0.3) is 16.9 Å². The van der Waals surface area contributed by atoms with Crippen molar-refractivity contribution in [2.24, 2.45) is 5.10 Å². The molecule has 0 aliphatic carbocycles. The van der Waals surface area contributed by atoms with Crippen molar-refractivity contribution in [3.05, 3.63) is 83.0 Å². The van der Waals surface area contributed by atoms with E-state index in [1.165, 1.54) is 0 Å². The first kappa shape index (κ1) is 18.7.